The molecule has 0 N–H and O–H groups in total. The summed E-state index contributed by atoms with van der Waals surface area (Å²) in [5.74, 6) is 0.803. The molecule has 0 heterocycles. The van der Waals surface area contributed by atoms with E-state index in [1.165, 1.54) is 25.7 Å². The Hall–Kier alpha value is -0.620. The summed E-state index contributed by atoms with van der Waals surface area (Å²) in [4.78, 5) is 13.3. The van der Waals surface area contributed by atoms with E-state index in [1.807, 2.05) is 0 Å². The maximum absolute atomic E-state index is 9.75. The third-order valence-electron chi connectivity index (χ3n) is 2.27. The Morgan fingerprint density at radius 3 is 2.82 bits per heavy atom. The van der Waals surface area contributed by atoms with Crippen molar-refractivity contribution in [3.05, 3.63) is 6.42 Å². The Labute approximate surface area is 67.7 Å². The van der Waals surface area contributed by atoms with Crippen LogP contribution in [-0.4, -0.2) is 12.6 Å². The first-order chi connectivity index (χ1) is 5.43. The van der Waals surface area contributed by atoms with E-state index in [0.29, 0.717) is 6.54 Å². The minimum Gasteiger partial charge on any atom is -0.211 e. The molecule has 0 bridgehead atoms. The SMILES string of the molecule is O=C=NCCC1CC[CH]CC1. The second kappa shape index (κ2) is 5.09. The lowest BCUT2D eigenvalue weighted by Crippen LogP contribution is -2.07. The Morgan fingerprint density at radius 1 is 1.45 bits per heavy atom. The van der Waals surface area contributed by atoms with E-state index in [1.54, 1.807) is 6.08 Å². The van der Waals surface area contributed by atoms with Crippen molar-refractivity contribution in [2.45, 2.75) is 32.1 Å². The number of carbonyl (C=O) groups excluding carboxylic acids is 1. The lowest BCUT2D eigenvalue weighted by molar-refractivity contribution is 0.385. The van der Waals surface area contributed by atoms with E-state index in [0.717, 1.165) is 12.3 Å². The molecular formula is C9H14NO. The average Bonchev–Trinajstić information content (AvgIpc) is 2.07. The fraction of sp³-hybridized carbons (Fsp3) is 0.778. The molecule has 1 aliphatic carbocycles. The summed E-state index contributed by atoms with van der Waals surface area (Å²) < 4.78 is 0. The van der Waals surface area contributed by atoms with Crippen molar-refractivity contribution in [1.82, 2.24) is 0 Å². The van der Waals surface area contributed by atoms with Gasteiger partial charge in [-0.25, -0.2) is 9.79 Å². The second-order valence-corrected chi connectivity index (χ2v) is 3.07. The first-order valence-corrected chi connectivity index (χ1v) is 4.29. The summed E-state index contributed by atoms with van der Waals surface area (Å²) in [6.45, 7) is 0.675. The highest BCUT2D eigenvalue weighted by molar-refractivity contribution is 5.32. The van der Waals surface area contributed by atoms with E-state index in [-0.39, 0.29) is 0 Å². The summed E-state index contributed by atoms with van der Waals surface area (Å²) in [6, 6.07) is 0. The van der Waals surface area contributed by atoms with E-state index >= 15 is 0 Å². The molecule has 2 nitrogen and oxygen atoms in total. The zero-order valence-corrected chi connectivity index (χ0v) is 6.75. The van der Waals surface area contributed by atoms with Crippen LogP contribution in [-0.2, 0) is 4.79 Å². The van der Waals surface area contributed by atoms with Crippen LogP contribution in [0.15, 0.2) is 4.99 Å². The van der Waals surface area contributed by atoms with Gasteiger partial charge < -0.3 is 0 Å². The zero-order valence-electron chi connectivity index (χ0n) is 6.75. The quantitative estimate of drug-likeness (QED) is 0.450. The largest absolute Gasteiger partial charge is 0.234 e. The lowest BCUT2D eigenvalue weighted by atomic mass is 9.87. The Balaban J connectivity index is 2.09. The van der Waals surface area contributed by atoms with Crippen molar-refractivity contribution in [1.29, 1.82) is 0 Å². The smallest absolute Gasteiger partial charge is 0.211 e. The summed E-state index contributed by atoms with van der Waals surface area (Å²) in [6.07, 6.45) is 10.1. The van der Waals surface area contributed by atoms with Gasteiger partial charge in [0.25, 0.3) is 0 Å². The van der Waals surface area contributed by atoms with Crippen LogP contribution >= 0.6 is 0 Å². The number of nitrogens with zero attached hydrogens (tertiary/aromatic N) is 1. The Kier molecular flexibility index (Phi) is 3.92. The van der Waals surface area contributed by atoms with Crippen LogP contribution in [0.5, 0.6) is 0 Å². The summed E-state index contributed by atoms with van der Waals surface area (Å²) in [5, 5.41) is 0. The van der Waals surface area contributed by atoms with Crippen LogP contribution < -0.4 is 0 Å². The predicted octanol–water partition coefficient (Wildman–Crippen LogP) is 2.11. The molecule has 1 fully saturated rings. The highest BCUT2D eigenvalue weighted by Gasteiger charge is 2.12. The molecule has 0 amide bonds. The van der Waals surface area contributed by atoms with E-state index in [9.17, 15) is 4.79 Å². The van der Waals surface area contributed by atoms with Crippen molar-refractivity contribution < 1.29 is 4.79 Å². The molecule has 0 saturated heterocycles. The third-order valence-corrected chi connectivity index (χ3v) is 2.27. The minimum absolute atomic E-state index is 0.675. The van der Waals surface area contributed by atoms with Gasteiger partial charge >= 0.3 is 0 Å². The zero-order chi connectivity index (χ0) is 7.94. The van der Waals surface area contributed by atoms with E-state index in [4.69, 9.17) is 0 Å². The molecule has 11 heavy (non-hydrogen) atoms. The molecule has 0 atom stereocenters. The molecule has 2 heteroatoms. The minimum atomic E-state index is 0.675. The van der Waals surface area contributed by atoms with Gasteiger partial charge in [-0.1, -0.05) is 12.8 Å². The predicted molar refractivity (Wildman–Crippen MR) is 43.9 cm³/mol. The van der Waals surface area contributed by atoms with Gasteiger partial charge in [0, 0.05) is 0 Å². The molecule has 1 saturated carbocycles. The molecule has 0 aromatic carbocycles. The molecule has 0 spiro atoms. The average molecular weight is 152 g/mol. The molecular weight excluding hydrogens is 138 g/mol. The van der Waals surface area contributed by atoms with Gasteiger partial charge in [-0.3, -0.25) is 0 Å². The van der Waals surface area contributed by atoms with Crippen molar-refractivity contribution in [3.63, 3.8) is 0 Å². The monoisotopic (exact) mass is 152 g/mol. The van der Waals surface area contributed by atoms with Crippen molar-refractivity contribution >= 4 is 6.08 Å². The fourth-order valence-corrected chi connectivity index (χ4v) is 1.58. The highest BCUT2D eigenvalue weighted by Crippen LogP contribution is 2.25. The first kappa shape index (κ1) is 8.48. The molecule has 61 valence electrons. The van der Waals surface area contributed by atoms with Crippen molar-refractivity contribution in [3.8, 4) is 0 Å². The normalized spacial score (nSPS) is 19.3. The number of hydrogen-bond acceptors (Lipinski definition) is 2. The van der Waals surface area contributed by atoms with E-state index in [2.05, 4.69) is 11.4 Å². The van der Waals surface area contributed by atoms with Crippen LogP contribution in [0, 0.1) is 12.3 Å². The second-order valence-electron chi connectivity index (χ2n) is 3.07. The van der Waals surface area contributed by atoms with E-state index < -0.39 is 0 Å². The van der Waals surface area contributed by atoms with Crippen LogP contribution in [0.3, 0.4) is 0 Å². The molecule has 0 aliphatic heterocycles. The molecule has 0 unspecified atom stereocenters. The maximum Gasteiger partial charge on any atom is 0.234 e. The number of aliphatic imine (C=N–C) groups is 1. The topological polar surface area (TPSA) is 29.4 Å². The Bertz CT molecular complexity index is 144. The molecule has 0 aromatic heterocycles. The molecule has 1 aliphatic rings. The van der Waals surface area contributed by atoms with Crippen LogP contribution in [0.25, 0.3) is 0 Å². The third kappa shape index (κ3) is 3.33. The van der Waals surface area contributed by atoms with Crippen LogP contribution in [0.2, 0.25) is 0 Å². The molecule has 0 aromatic rings. The van der Waals surface area contributed by atoms with Crippen molar-refractivity contribution in [2.75, 3.05) is 6.54 Å². The van der Waals surface area contributed by atoms with Gasteiger partial charge in [-0.2, -0.15) is 0 Å². The van der Waals surface area contributed by atoms with Gasteiger partial charge in [0.1, 0.15) is 0 Å². The van der Waals surface area contributed by atoms with Gasteiger partial charge in [0.15, 0.2) is 0 Å². The summed E-state index contributed by atoms with van der Waals surface area (Å²) >= 11 is 0. The fourth-order valence-electron chi connectivity index (χ4n) is 1.58. The summed E-state index contributed by atoms with van der Waals surface area (Å²) in [7, 11) is 0. The van der Waals surface area contributed by atoms with Gasteiger partial charge in [0.05, 0.1) is 6.54 Å². The number of hydrogen-bond donors (Lipinski definition) is 0. The van der Waals surface area contributed by atoms with Gasteiger partial charge in [-0.15, -0.1) is 0 Å². The summed E-state index contributed by atoms with van der Waals surface area (Å²) in [5.41, 5.74) is 0. The number of rotatable bonds is 3. The Morgan fingerprint density at radius 2 is 2.18 bits per heavy atom. The number of isocyanates is 1. The highest BCUT2D eigenvalue weighted by atomic mass is 16.1. The van der Waals surface area contributed by atoms with Crippen LogP contribution in [0.4, 0.5) is 0 Å². The van der Waals surface area contributed by atoms with Gasteiger partial charge in [-0.05, 0) is 31.6 Å². The molecule has 1 radical (unpaired) electrons. The molecule has 1 rings (SSSR count). The first-order valence-electron chi connectivity index (χ1n) is 4.29. The maximum atomic E-state index is 9.75. The van der Waals surface area contributed by atoms with Gasteiger partial charge in [0.2, 0.25) is 6.08 Å². The standard InChI is InChI=1S/C9H14NO/c11-8-10-7-6-9-4-2-1-3-5-9/h1,9H,2-7H2. The van der Waals surface area contributed by atoms with Crippen LogP contribution in [0.1, 0.15) is 32.1 Å². The van der Waals surface area contributed by atoms with Crippen molar-refractivity contribution in [2.24, 2.45) is 10.9 Å². The lowest BCUT2D eigenvalue weighted by Gasteiger charge is -2.19.